The molecule has 0 aromatic carbocycles. The first-order valence-corrected chi connectivity index (χ1v) is 7.58. The minimum Gasteiger partial charge on any atom is -0.304 e. The fraction of sp³-hybridized carbons (Fsp3) is 1.00. The van der Waals surface area contributed by atoms with Gasteiger partial charge in [-0.3, -0.25) is 9.80 Å². The zero-order valence-corrected chi connectivity index (χ0v) is 14.1. The number of halogens is 2. The number of rotatable bonds is 0. The Morgan fingerprint density at radius 3 is 1.16 bits per heavy atom. The predicted octanol–water partition coefficient (Wildman–Crippen LogP) is 0.608. The smallest absolute Gasteiger partial charge is 0.304 e. The zero-order valence-electron chi connectivity index (χ0n) is 11.7. The molecule has 2 rings (SSSR count). The number of likely N-dealkylation sites (N-methyl/N-ethyl adjacent to an activating group) is 2. The van der Waals surface area contributed by atoms with E-state index in [0.717, 1.165) is 52.4 Å². The van der Waals surface area contributed by atoms with Crippen molar-refractivity contribution in [2.24, 2.45) is 0 Å². The molecule has 0 amide bonds. The van der Waals surface area contributed by atoms with Gasteiger partial charge in [0.1, 0.15) is 11.0 Å². The summed E-state index contributed by atoms with van der Waals surface area (Å²) in [4.78, 5) is 9.36. The molecule has 0 spiro atoms. The summed E-state index contributed by atoms with van der Waals surface area (Å²) in [5.74, 6) is 0. The van der Waals surface area contributed by atoms with Crippen molar-refractivity contribution in [3.63, 3.8) is 0 Å². The molecule has 0 saturated carbocycles. The third-order valence-corrected chi connectivity index (χ3v) is 5.16. The second kappa shape index (κ2) is 8.40. The van der Waals surface area contributed by atoms with E-state index in [4.69, 9.17) is 23.2 Å². The molecule has 2 aliphatic heterocycles. The Morgan fingerprint density at radius 2 is 0.895 bits per heavy atom. The van der Waals surface area contributed by atoms with E-state index in [2.05, 4.69) is 33.7 Å². The molecule has 7 heteroatoms. The van der Waals surface area contributed by atoms with Crippen molar-refractivity contribution in [3.05, 3.63) is 0 Å². The van der Waals surface area contributed by atoms with Crippen LogP contribution in [0, 0.1) is 0 Å². The van der Waals surface area contributed by atoms with Gasteiger partial charge in [0, 0.05) is 52.4 Å². The second-order valence-corrected chi connectivity index (χ2v) is 6.32. The maximum absolute atomic E-state index is 6.57. The molecule has 115 valence electrons. The van der Waals surface area contributed by atoms with E-state index in [9.17, 15) is 0 Å². The first kappa shape index (κ1) is 18.0. The summed E-state index contributed by atoms with van der Waals surface area (Å²) >= 11 is 13.1. The van der Waals surface area contributed by atoms with Gasteiger partial charge in [-0.05, 0) is 14.1 Å². The van der Waals surface area contributed by atoms with Gasteiger partial charge in [0.2, 0.25) is 0 Å². The quantitative estimate of drug-likeness (QED) is 0.357. The number of fused-ring (bicyclic) bond motifs is 3. The molecule has 2 unspecified atom stereocenters. The van der Waals surface area contributed by atoms with E-state index >= 15 is 0 Å². The minimum absolute atomic E-state index is 0. The number of nitrogens with zero attached hydrogens (tertiary/aromatic N) is 4. The predicted molar refractivity (Wildman–Crippen MR) is 77.4 cm³/mol. The fourth-order valence-electron chi connectivity index (χ4n) is 2.49. The molecule has 4 nitrogen and oxygen atoms in total. The number of alkyl halides is 2. The van der Waals surface area contributed by atoms with E-state index < -0.39 is 0 Å². The maximum atomic E-state index is 6.57. The van der Waals surface area contributed by atoms with Gasteiger partial charge in [-0.2, -0.15) is 0 Å². The minimum atomic E-state index is -0.0929. The first-order valence-electron chi connectivity index (χ1n) is 6.71. The Hall–Kier alpha value is 0.939. The average molecular weight is 359 g/mol. The Morgan fingerprint density at radius 1 is 0.632 bits per heavy atom. The summed E-state index contributed by atoms with van der Waals surface area (Å²) in [5, 5.41) is 0. The van der Waals surface area contributed by atoms with Gasteiger partial charge in [0.15, 0.2) is 0 Å². The third kappa shape index (κ3) is 5.01. The van der Waals surface area contributed by atoms with Crippen molar-refractivity contribution in [1.82, 2.24) is 19.6 Å². The van der Waals surface area contributed by atoms with Crippen LogP contribution in [0.2, 0.25) is 0 Å². The molecule has 2 atom stereocenters. The van der Waals surface area contributed by atoms with Crippen LogP contribution in [0.15, 0.2) is 0 Å². The van der Waals surface area contributed by atoms with Crippen molar-refractivity contribution in [1.29, 1.82) is 0 Å². The first-order chi connectivity index (χ1) is 8.58. The van der Waals surface area contributed by atoms with Crippen LogP contribution in [0.1, 0.15) is 0 Å². The Kier molecular flexibility index (Phi) is 7.95. The number of hydrogen-bond acceptors (Lipinski definition) is 4. The summed E-state index contributed by atoms with van der Waals surface area (Å²) < 4.78 is 0. The molecule has 19 heavy (non-hydrogen) atoms. The molecule has 2 fully saturated rings. The molecule has 1 radical (unpaired) electrons. The van der Waals surface area contributed by atoms with Gasteiger partial charge >= 0.3 is 17.1 Å². The van der Waals surface area contributed by atoms with Crippen molar-refractivity contribution < 1.29 is 17.1 Å². The van der Waals surface area contributed by atoms with Crippen LogP contribution in [0.4, 0.5) is 0 Å². The van der Waals surface area contributed by atoms with Gasteiger partial charge in [-0.1, -0.05) is 0 Å². The van der Waals surface area contributed by atoms with Crippen LogP contribution in [-0.2, 0) is 17.1 Å². The van der Waals surface area contributed by atoms with E-state index in [1.54, 1.807) is 0 Å². The van der Waals surface area contributed by atoms with E-state index in [1.165, 1.54) is 0 Å². The van der Waals surface area contributed by atoms with Crippen LogP contribution in [0.25, 0.3) is 0 Å². The molecule has 0 aliphatic carbocycles. The molecular weight excluding hydrogens is 335 g/mol. The van der Waals surface area contributed by atoms with Crippen LogP contribution < -0.4 is 0 Å². The van der Waals surface area contributed by atoms with Crippen molar-refractivity contribution in [2.75, 3.05) is 66.5 Å². The van der Waals surface area contributed by atoms with E-state index in [0.29, 0.717) is 0 Å². The average Bonchev–Trinajstić information content (AvgIpc) is 2.42. The van der Waals surface area contributed by atoms with Gasteiger partial charge in [0.25, 0.3) is 0 Å². The topological polar surface area (TPSA) is 13.0 Å². The van der Waals surface area contributed by atoms with Gasteiger partial charge < -0.3 is 9.80 Å². The van der Waals surface area contributed by atoms with Crippen LogP contribution in [0.5, 0.6) is 0 Å². The van der Waals surface area contributed by atoms with Gasteiger partial charge in [-0.15, -0.1) is 23.2 Å². The Labute approximate surface area is 137 Å². The molecule has 2 aliphatic rings. The molecule has 2 bridgehead atoms. The Bertz CT molecular complexity index is 230. The van der Waals surface area contributed by atoms with Crippen molar-refractivity contribution in [2.45, 2.75) is 11.0 Å². The molecule has 0 N–H and O–H groups in total. The van der Waals surface area contributed by atoms with Gasteiger partial charge in [0.05, 0.1) is 0 Å². The fourth-order valence-corrected chi connectivity index (χ4v) is 3.19. The largest absolute Gasteiger partial charge is 2.00 e. The van der Waals surface area contributed by atoms with Crippen LogP contribution >= 0.6 is 23.2 Å². The zero-order chi connectivity index (χ0) is 13.1. The van der Waals surface area contributed by atoms with Crippen LogP contribution in [0.3, 0.4) is 0 Å². The molecule has 2 heterocycles. The number of hydrogen-bond donors (Lipinski definition) is 0. The summed E-state index contributed by atoms with van der Waals surface area (Å²) in [7, 11) is 4.35. The summed E-state index contributed by atoms with van der Waals surface area (Å²) in [6, 6.07) is 0. The molecule has 0 aromatic rings. The van der Waals surface area contributed by atoms with Crippen LogP contribution in [-0.4, -0.2) is 97.1 Å². The summed E-state index contributed by atoms with van der Waals surface area (Å²) in [6.07, 6.45) is 0. The summed E-state index contributed by atoms with van der Waals surface area (Å²) in [6.45, 7) is 8.22. The third-order valence-electron chi connectivity index (χ3n) is 4.00. The standard InChI is InChI=1S/C12H24Cl2N4.Cu/c1-15-3-7-17-9-5-16(2)6-10-18(8-4-15)12(14)11(17)13;/h11-12H,3-10H2,1-2H3;/q;+2. The Balaban J connectivity index is 0.00000180. The van der Waals surface area contributed by atoms with E-state index in [-0.39, 0.29) is 28.1 Å². The molecule has 0 aromatic heterocycles. The normalized spacial score (nSPS) is 39.2. The monoisotopic (exact) mass is 357 g/mol. The molecular formula is C12H24Cl2CuN4+2. The van der Waals surface area contributed by atoms with Crippen molar-refractivity contribution >= 4 is 23.2 Å². The summed E-state index contributed by atoms with van der Waals surface area (Å²) in [5.41, 5.74) is -0.186. The SMILES string of the molecule is CN1CCN2CCN(C)CCN(CC1)C(Cl)C2Cl.[Cu+2]. The van der Waals surface area contributed by atoms with E-state index in [1.807, 2.05) is 0 Å². The second-order valence-electron chi connectivity index (χ2n) is 5.42. The van der Waals surface area contributed by atoms with Gasteiger partial charge in [-0.25, -0.2) is 0 Å². The maximum Gasteiger partial charge on any atom is 2.00 e. The van der Waals surface area contributed by atoms with Crippen molar-refractivity contribution in [3.8, 4) is 0 Å². The molecule has 2 saturated heterocycles.